The summed E-state index contributed by atoms with van der Waals surface area (Å²) in [5.41, 5.74) is 2.24. The lowest BCUT2D eigenvalue weighted by Gasteiger charge is -2.20. The van der Waals surface area contributed by atoms with E-state index in [4.69, 9.17) is 4.74 Å². The molecule has 19 heavy (non-hydrogen) atoms. The van der Waals surface area contributed by atoms with Crippen LogP contribution in [-0.2, 0) is 0 Å². The molecule has 2 rings (SSSR count). The maximum atomic E-state index is 5.37. The van der Waals surface area contributed by atoms with E-state index in [0.717, 1.165) is 17.9 Å². The Morgan fingerprint density at radius 2 is 1.79 bits per heavy atom. The fourth-order valence-electron chi connectivity index (χ4n) is 2.08. The molecule has 1 N–H and O–H groups in total. The molecule has 0 heterocycles. The van der Waals surface area contributed by atoms with E-state index in [9.17, 15) is 0 Å². The number of hydrogen-bond donors (Lipinski definition) is 1. The van der Waals surface area contributed by atoms with Crippen molar-refractivity contribution in [3.63, 3.8) is 0 Å². The van der Waals surface area contributed by atoms with Gasteiger partial charge >= 0.3 is 0 Å². The van der Waals surface area contributed by atoms with E-state index in [1.54, 1.807) is 7.11 Å². The largest absolute Gasteiger partial charge is 0.495 e. The Morgan fingerprint density at radius 3 is 2.47 bits per heavy atom. The SMILES string of the molecule is C=CCC(Nc1ccccc1OC)c1ccccc1. The van der Waals surface area contributed by atoms with Crippen LogP contribution in [-0.4, -0.2) is 7.11 Å². The molecule has 2 aromatic rings. The minimum atomic E-state index is 0.204. The third kappa shape index (κ3) is 3.38. The number of methoxy groups -OCH3 is 1. The number of benzene rings is 2. The van der Waals surface area contributed by atoms with Gasteiger partial charge in [0.15, 0.2) is 0 Å². The Hall–Kier alpha value is -2.22. The summed E-state index contributed by atoms with van der Waals surface area (Å²) in [7, 11) is 1.69. The topological polar surface area (TPSA) is 21.3 Å². The Morgan fingerprint density at radius 1 is 1.11 bits per heavy atom. The predicted octanol–water partition coefficient (Wildman–Crippen LogP) is 4.42. The Balaban J connectivity index is 2.24. The molecule has 0 saturated heterocycles. The summed E-state index contributed by atoms with van der Waals surface area (Å²) in [5, 5.41) is 3.52. The zero-order valence-electron chi connectivity index (χ0n) is 11.2. The molecule has 98 valence electrons. The van der Waals surface area contributed by atoms with Crippen LogP contribution >= 0.6 is 0 Å². The first-order valence-electron chi connectivity index (χ1n) is 6.40. The smallest absolute Gasteiger partial charge is 0.141 e. The third-order valence-corrected chi connectivity index (χ3v) is 3.04. The molecule has 0 bridgehead atoms. The van der Waals surface area contributed by atoms with Gasteiger partial charge in [-0.2, -0.15) is 0 Å². The predicted molar refractivity (Wildman–Crippen MR) is 80.6 cm³/mol. The Kier molecular flexibility index (Phi) is 4.62. The van der Waals surface area contributed by atoms with Gasteiger partial charge in [-0.3, -0.25) is 0 Å². The minimum absolute atomic E-state index is 0.204. The van der Waals surface area contributed by atoms with Gasteiger partial charge in [0.2, 0.25) is 0 Å². The molecule has 1 unspecified atom stereocenters. The molecule has 2 heteroatoms. The molecule has 0 fully saturated rings. The minimum Gasteiger partial charge on any atom is -0.495 e. The second-order valence-electron chi connectivity index (χ2n) is 4.33. The normalized spacial score (nSPS) is 11.6. The van der Waals surface area contributed by atoms with Crippen molar-refractivity contribution in [2.45, 2.75) is 12.5 Å². The number of nitrogens with one attached hydrogen (secondary N) is 1. The van der Waals surface area contributed by atoms with Crippen molar-refractivity contribution in [2.75, 3.05) is 12.4 Å². The highest BCUT2D eigenvalue weighted by molar-refractivity contribution is 5.57. The van der Waals surface area contributed by atoms with Crippen LogP contribution in [0.25, 0.3) is 0 Å². The maximum absolute atomic E-state index is 5.37. The quantitative estimate of drug-likeness (QED) is 0.769. The van der Waals surface area contributed by atoms with Crippen LogP contribution in [0.5, 0.6) is 5.75 Å². The number of anilines is 1. The van der Waals surface area contributed by atoms with E-state index in [2.05, 4.69) is 36.2 Å². The van der Waals surface area contributed by atoms with E-state index < -0.39 is 0 Å². The van der Waals surface area contributed by atoms with Crippen LogP contribution in [0.15, 0.2) is 67.3 Å². The third-order valence-electron chi connectivity index (χ3n) is 3.04. The monoisotopic (exact) mass is 253 g/mol. The lowest BCUT2D eigenvalue weighted by molar-refractivity contribution is 0.416. The lowest BCUT2D eigenvalue weighted by atomic mass is 10.0. The highest BCUT2D eigenvalue weighted by Crippen LogP contribution is 2.29. The van der Waals surface area contributed by atoms with Gasteiger partial charge in [0.1, 0.15) is 5.75 Å². The summed E-state index contributed by atoms with van der Waals surface area (Å²) in [4.78, 5) is 0. The van der Waals surface area contributed by atoms with Crippen LogP contribution in [0.3, 0.4) is 0 Å². The highest BCUT2D eigenvalue weighted by atomic mass is 16.5. The van der Waals surface area contributed by atoms with Crippen molar-refractivity contribution in [3.05, 3.63) is 72.8 Å². The molecule has 0 aliphatic heterocycles. The second kappa shape index (κ2) is 6.64. The fourth-order valence-corrected chi connectivity index (χ4v) is 2.08. The summed E-state index contributed by atoms with van der Waals surface area (Å²) < 4.78 is 5.37. The average molecular weight is 253 g/mol. The summed E-state index contributed by atoms with van der Waals surface area (Å²) in [6.07, 6.45) is 2.79. The Labute approximate surface area is 114 Å². The van der Waals surface area contributed by atoms with Crippen LogP contribution in [0.4, 0.5) is 5.69 Å². The van der Waals surface area contributed by atoms with Crippen molar-refractivity contribution < 1.29 is 4.74 Å². The van der Waals surface area contributed by atoms with Gasteiger partial charge in [0, 0.05) is 0 Å². The lowest BCUT2D eigenvalue weighted by Crippen LogP contribution is -2.10. The van der Waals surface area contributed by atoms with Gasteiger partial charge < -0.3 is 10.1 Å². The van der Waals surface area contributed by atoms with E-state index in [0.29, 0.717) is 0 Å². The first-order valence-corrected chi connectivity index (χ1v) is 6.40. The van der Waals surface area contributed by atoms with Gasteiger partial charge in [0.05, 0.1) is 18.8 Å². The maximum Gasteiger partial charge on any atom is 0.141 e. The molecule has 0 aliphatic carbocycles. The fraction of sp³-hybridized carbons (Fsp3) is 0.176. The first-order chi connectivity index (χ1) is 9.35. The van der Waals surface area contributed by atoms with Crippen LogP contribution < -0.4 is 10.1 Å². The molecular formula is C17H19NO. The summed E-state index contributed by atoms with van der Waals surface area (Å²) in [6, 6.07) is 18.5. The molecule has 0 spiro atoms. The van der Waals surface area contributed by atoms with Crippen molar-refractivity contribution in [1.29, 1.82) is 0 Å². The van der Waals surface area contributed by atoms with Gasteiger partial charge in [0.25, 0.3) is 0 Å². The van der Waals surface area contributed by atoms with Crippen LogP contribution in [0.2, 0.25) is 0 Å². The number of hydrogen-bond acceptors (Lipinski definition) is 2. The number of ether oxygens (including phenoxy) is 1. The zero-order valence-corrected chi connectivity index (χ0v) is 11.2. The summed E-state index contributed by atoms with van der Waals surface area (Å²) >= 11 is 0. The number of rotatable bonds is 6. The first kappa shape index (κ1) is 13.2. The molecule has 0 amide bonds. The standard InChI is InChI=1S/C17H19NO/c1-3-9-15(14-10-5-4-6-11-14)18-16-12-7-8-13-17(16)19-2/h3-8,10-13,15,18H,1,9H2,2H3. The van der Waals surface area contributed by atoms with Crippen molar-refractivity contribution in [2.24, 2.45) is 0 Å². The van der Waals surface area contributed by atoms with Crippen molar-refractivity contribution in [3.8, 4) is 5.75 Å². The summed E-state index contributed by atoms with van der Waals surface area (Å²) in [6.45, 7) is 3.84. The van der Waals surface area contributed by atoms with Crippen LogP contribution in [0.1, 0.15) is 18.0 Å². The van der Waals surface area contributed by atoms with Gasteiger partial charge in [-0.1, -0.05) is 48.5 Å². The van der Waals surface area contributed by atoms with Crippen molar-refractivity contribution in [1.82, 2.24) is 0 Å². The average Bonchev–Trinajstić information content (AvgIpc) is 2.48. The molecule has 2 aromatic carbocycles. The van der Waals surface area contributed by atoms with Gasteiger partial charge in [-0.05, 0) is 24.1 Å². The molecular weight excluding hydrogens is 234 g/mol. The van der Waals surface area contributed by atoms with E-state index in [-0.39, 0.29) is 6.04 Å². The second-order valence-corrected chi connectivity index (χ2v) is 4.33. The van der Waals surface area contributed by atoms with E-state index >= 15 is 0 Å². The van der Waals surface area contributed by atoms with Crippen LogP contribution in [0, 0.1) is 0 Å². The van der Waals surface area contributed by atoms with Crippen molar-refractivity contribution >= 4 is 5.69 Å². The number of para-hydroxylation sites is 2. The highest BCUT2D eigenvalue weighted by Gasteiger charge is 2.11. The Bertz CT molecular complexity index is 522. The van der Waals surface area contributed by atoms with Gasteiger partial charge in [-0.25, -0.2) is 0 Å². The molecule has 1 atom stereocenters. The molecule has 2 nitrogen and oxygen atoms in total. The molecule has 0 saturated carbocycles. The molecule has 0 aromatic heterocycles. The molecule has 0 radical (unpaired) electrons. The zero-order chi connectivity index (χ0) is 13.5. The van der Waals surface area contributed by atoms with E-state index in [1.165, 1.54) is 5.56 Å². The van der Waals surface area contributed by atoms with Gasteiger partial charge in [-0.15, -0.1) is 6.58 Å². The molecule has 0 aliphatic rings. The summed E-state index contributed by atoms with van der Waals surface area (Å²) in [5.74, 6) is 0.854. The van der Waals surface area contributed by atoms with E-state index in [1.807, 2.05) is 36.4 Å².